The van der Waals surface area contributed by atoms with Gasteiger partial charge < -0.3 is 9.72 Å². The van der Waals surface area contributed by atoms with Crippen LogP contribution in [0.15, 0.2) is 36.5 Å². The Hall–Kier alpha value is -2.24. The van der Waals surface area contributed by atoms with E-state index in [9.17, 15) is 0 Å². The van der Waals surface area contributed by atoms with Crippen molar-refractivity contribution in [3.63, 3.8) is 0 Å². The Morgan fingerprint density at radius 1 is 1.19 bits per heavy atom. The minimum absolute atomic E-state index is 0.149. The molecule has 0 bridgehead atoms. The maximum absolute atomic E-state index is 6.41. The largest absolute Gasteiger partial charge is 0.368 e. The molecule has 1 N–H and O–H groups in total. The van der Waals surface area contributed by atoms with Crippen LogP contribution in [0.25, 0.3) is 10.9 Å². The first-order chi connectivity index (χ1) is 13.3. The van der Waals surface area contributed by atoms with E-state index in [-0.39, 0.29) is 5.60 Å². The minimum Gasteiger partial charge on any atom is -0.368 e. The second-order valence-corrected chi connectivity index (χ2v) is 7.71. The van der Waals surface area contributed by atoms with Gasteiger partial charge in [0.15, 0.2) is 0 Å². The third-order valence-electron chi connectivity index (χ3n) is 6.13. The molecule has 1 spiro atoms. The molecule has 1 saturated heterocycles. The maximum Gasteiger partial charge on any atom is 0.128 e. The second kappa shape index (κ2) is 6.73. The molecule has 0 unspecified atom stereocenters. The van der Waals surface area contributed by atoms with Crippen molar-refractivity contribution in [3.05, 3.63) is 59.3 Å². The minimum atomic E-state index is -0.149. The molecule has 5 nitrogen and oxygen atoms in total. The molecule has 140 valence electrons. The molecule has 1 aromatic carbocycles. The molecule has 0 saturated carbocycles. The Morgan fingerprint density at radius 3 is 2.89 bits per heavy atom. The van der Waals surface area contributed by atoms with E-state index in [2.05, 4.69) is 51.0 Å². The number of likely N-dealkylation sites (tertiary alicyclic amines) is 1. The lowest BCUT2D eigenvalue weighted by Gasteiger charge is -2.43. The quantitative estimate of drug-likeness (QED) is 0.774. The summed E-state index contributed by atoms with van der Waals surface area (Å²) in [5.74, 6) is 0.930. The fraction of sp³-hybridized carbons (Fsp3) is 0.455. The van der Waals surface area contributed by atoms with Gasteiger partial charge in [0.05, 0.1) is 18.0 Å². The number of para-hydroxylation sites is 1. The van der Waals surface area contributed by atoms with Crippen LogP contribution in [0.2, 0.25) is 0 Å². The van der Waals surface area contributed by atoms with Crippen LogP contribution >= 0.6 is 0 Å². The van der Waals surface area contributed by atoms with Crippen molar-refractivity contribution in [2.75, 3.05) is 19.7 Å². The van der Waals surface area contributed by atoms with E-state index in [0.717, 1.165) is 63.4 Å². The third-order valence-corrected chi connectivity index (χ3v) is 6.13. The normalized spacial score (nSPS) is 19.4. The molecular weight excluding hydrogens is 336 g/mol. The summed E-state index contributed by atoms with van der Waals surface area (Å²) in [6.07, 6.45) is 5.82. The first kappa shape index (κ1) is 16.9. The predicted molar refractivity (Wildman–Crippen MR) is 106 cm³/mol. The number of aromatic amines is 1. The number of aryl methyl sites for hydroxylation is 1. The third kappa shape index (κ3) is 2.95. The van der Waals surface area contributed by atoms with Gasteiger partial charge in [-0.2, -0.15) is 0 Å². The number of fused-ring (bicyclic) bond motifs is 4. The van der Waals surface area contributed by atoms with Crippen LogP contribution in [-0.2, 0) is 29.7 Å². The molecule has 0 atom stereocenters. The first-order valence-electron chi connectivity index (χ1n) is 10.0. The Bertz CT molecular complexity index is 956. The van der Waals surface area contributed by atoms with Crippen molar-refractivity contribution >= 4 is 10.9 Å². The summed E-state index contributed by atoms with van der Waals surface area (Å²) in [6, 6.07) is 10.7. The highest BCUT2D eigenvalue weighted by Crippen LogP contribution is 2.43. The topological polar surface area (TPSA) is 54.0 Å². The van der Waals surface area contributed by atoms with E-state index < -0.39 is 0 Å². The van der Waals surface area contributed by atoms with E-state index in [1.807, 2.05) is 12.3 Å². The van der Waals surface area contributed by atoms with Crippen molar-refractivity contribution in [1.29, 1.82) is 0 Å². The number of ether oxygens (including phenoxy) is 1. The lowest BCUT2D eigenvalue weighted by molar-refractivity contribution is -0.101. The van der Waals surface area contributed by atoms with Crippen molar-refractivity contribution in [1.82, 2.24) is 19.9 Å². The fourth-order valence-electron chi connectivity index (χ4n) is 4.66. The number of piperidine rings is 1. The van der Waals surface area contributed by atoms with E-state index in [1.165, 1.54) is 22.2 Å². The Morgan fingerprint density at radius 2 is 2.04 bits per heavy atom. The number of H-pyrrole nitrogens is 1. The van der Waals surface area contributed by atoms with E-state index in [1.54, 1.807) is 0 Å². The summed E-state index contributed by atoms with van der Waals surface area (Å²) < 4.78 is 6.41. The lowest BCUT2D eigenvalue weighted by Crippen LogP contribution is -2.46. The number of aromatic nitrogens is 3. The molecular formula is C22H26N4O. The summed E-state index contributed by atoms with van der Waals surface area (Å²) in [4.78, 5) is 15.2. The Kier molecular flexibility index (Phi) is 4.21. The molecule has 27 heavy (non-hydrogen) atoms. The van der Waals surface area contributed by atoms with Crippen molar-refractivity contribution in [3.8, 4) is 0 Å². The Labute approximate surface area is 159 Å². The number of nitrogens with one attached hydrogen (secondary N) is 1. The maximum atomic E-state index is 6.41. The fourth-order valence-corrected chi connectivity index (χ4v) is 4.66. The second-order valence-electron chi connectivity index (χ2n) is 7.71. The van der Waals surface area contributed by atoms with Crippen LogP contribution in [-0.4, -0.2) is 39.5 Å². The molecule has 2 aliphatic rings. The average Bonchev–Trinajstić information content (AvgIpc) is 3.11. The van der Waals surface area contributed by atoms with E-state index in [4.69, 9.17) is 4.74 Å². The van der Waals surface area contributed by atoms with Gasteiger partial charge in [0.1, 0.15) is 11.4 Å². The number of rotatable bonds is 3. The first-order valence-corrected chi connectivity index (χ1v) is 10.0. The van der Waals surface area contributed by atoms with Crippen LogP contribution in [0.5, 0.6) is 0 Å². The standard InChI is InChI=1S/C22H26N4O/c1-2-20-23-11-7-16(24-20)15-26-12-9-22(10-13-26)21-18(8-14-27-22)17-5-3-4-6-19(17)25-21/h3-7,11,25H,2,8-10,12-15H2,1H3. The van der Waals surface area contributed by atoms with E-state index in [0.29, 0.717) is 0 Å². The number of nitrogens with zero attached hydrogens (tertiary/aromatic N) is 3. The van der Waals surface area contributed by atoms with Gasteiger partial charge in [-0.1, -0.05) is 25.1 Å². The molecule has 1 fully saturated rings. The van der Waals surface area contributed by atoms with Gasteiger partial charge in [-0.15, -0.1) is 0 Å². The molecule has 0 radical (unpaired) electrons. The Balaban J connectivity index is 1.36. The molecule has 3 aromatic rings. The number of benzene rings is 1. The summed E-state index contributed by atoms with van der Waals surface area (Å²) in [7, 11) is 0. The molecule has 5 heteroatoms. The monoisotopic (exact) mass is 362 g/mol. The van der Waals surface area contributed by atoms with Crippen LogP contribution in [0.4, 0.5) is 0 Å². The highest BCUT2D eigenvalue weighted by Gasteiger charge is 2.42. The van der Waals surface area contributed by atoms with Gasteiger partial charge >= 0.3 is 0 Å². The summed E-state index contributed by atoms with van der Waals surface area (Å²) in [5.41, 5.74) is 5.00. The zero-order valence-corrected chi connectivity index (χ0v) is 15.9. The lowest BCUT2D eigenvalue weighted by atomic mass is 9.83. The summed E-state index contributed by atoms with van der Waals surface area (Å²) >= 11 is 0. The van der Waals surface area contributed by atoms with Gasteiger partial charge in [-0.05, 0) is 37.0 Å². The van der Waals surface area contributed by atoms with Gasteiger partial charge in [-0.25, -0.2) is 9.97 Å². The van der Waals surface area contributed by atoms with Crippen molar-refractivity contribution in [2.24, 2.45) is 0 Å². The smallest absolute Gasteiger partial charge is 0.128 e. The SMILES string of the molecule is CCc1nccc(CN2CCC3(CC2)OCCc2c3[nH]c3ccccc23)n1. The van der Waals surface area contributed by atoms with Crippen LogP contribution in [0, 0.1) is 0 Å². The van der Waals surface area contributed by atoms with Crippen LogP contribution < -0.4 is 0 Å². The zero-order chi connectivity index (χ0) is 18.3. The molecule has 0 aliphatic carbocycles. The van der Waals surface area contributed by atoms with E-state index >= 15 is 0 Å². The van der Waals surface area contributed by atoms with Gasteiger partial charge in [0.25, 0.3) is 0 Å². The predicted octanol–water partition coefficient (Wildman–Crippen LogP) is 3.58. The summed E-state index contributed by atoms with van der Waals surface area (Å²) in [6.45, 7) is 5.87. The van der Waals surface area contributed by atoms with Gasteiger partial charge in [0.2, 0.25) is 0 Å². The van der Waals surface area contributed by atoms with Crippen LogP contribution in [0.3, 0.4) is 0 Å². The van der Waals surface area contributed by atoms with Crippen molar-refractivity contribution in [2.45, 2.75) is 44.8 Å². The van der Waals surface area contributed by atoms with Crippen molar-refractivity contribution < 1.29 is 4.74 Å². The molecule has 4 heterocycles. The molecule has 2 aliphatic heterocycles. The highest BCUT2D eigenvalue weighted by molar-refractivity contribution is 5.85. The molecule has 2 aromatic heterocycles. The molecule has 0 amide bonds. The number of hydrogen-bond acceptors (Lipinski definition) is 4. The van der Waals surface area contributed by atoms with Crippen LogP contribution in [0.1, 0.15) is 42.5 Å². The average molecular weight is 362 g/mol. The highest BCUT2D eigenvalue weighted by atomic mass is 16.5. The molecule has 5 rings (SSSR count). The van der Waals surface area contributed by atoms with Gasteiger partial charge in [0, 0.05) is 43.2 Å². The van der Waals surface area contributed by atoms with Gasteiger partial charge in [-0.3, -0.25) is 4.90 Å². The zero-order valence-electron chi connectivity index (χ0n) is 15.9. The summed E-state index contributed by atoms with van der Waals surface area (Å²) in [5, 5.41) is 1.37. The number of hydrogen-bond donors (Lipinski definition) is 1.